The summed E-state index contributed by atoms with van der Waals surface area (Å²) in [7, 11) is -0.477. The molecule has 0 N–H and O–H groups in total. The van der Waals surface area contributed by atoms with Crippen LogP contribution in [0.1, 0.15) is 10.4 Å². The molecule has 0 unspecified atom stereocenters. The molecule has 11 heavy (non-hydrogen) atoms. The predicted octanol–water partition coefficient (Wildman–Crippen LogP) is 2.57. The minimum absolute atomic E-state index is 0.278. The molecule has 0 spiro atoms. The normalized spacial score (nSPS) is 10.1. The van der Waals surface area contributed by atoms with E-state index in [2.05, 4.69) is 0 Å². The second-order valence-electron chi connectivity index (χ2n) is 2.57. The monoisotopic (exact) mass is 166 g/mol. The van der Waals surface area contributed by atoms with Crippen molar-refractivity contribution in [2.75, 3.05) is 13.3 Å². The van der Waals surface area contributed by atoms with E-state index in [1.807, 2.05) is 43.7 Å². The van der Waals surface area contributed by atoms with E-state index in [0.717, 1.165) is 5.56 Å². The average Bonchev–Trinajstić information content (AvgIpc) is 2.05. The first-order chi connectivity index (χ1) is 5.22. The van der Waals surface area contributed by atoms with Crippen LogP contribution in [0, 0.1) is 0 Å². The number of benzene rings is 1. The van der Waals surface area contributed by atoms with Crippen molar-refractivity contribution >= 4 is 13.4 Å². The summed E-state index contributed by atoms with van der Waals surface area (Å²) < 4.78 is 0. The van der Waals surface area contributed by atoms with Gasteiger partial charge in [-0.25, -0.2) is 0 Å². The van der Waals surface area contributed by atoms with E-state index in [1.54, 1.807) is 0 Å². The number of rotatable bonds is 2. The van der Waals surface area contributed by atoms with Crippen molar-refractivity contribution in [1.29, 1.82) is 0 Å². The number of hydrogen-bond acceptors (Lipinski definition) is 1. The molecule has 1 aromatic carbocycles. The summed E-state index contributed by atoms with van der Waals surface area (Å²) >= 11 is 0. The van der Waals surface area contributed by atoms with E-state index in [0.29, 0.717) is 0 Å². The average molecular weight is 166 g/mol. The molecule has 58 valence electrons. The van der Waals surface area contributed by atoms with Crippen molar-refractivity contribution in [3.8, 4) is 0 Å². The number of carbonyl (C=O) groups is 1. The van der Waals surface area contributed by atoms with Gasteiger partial charge in [0.25, 0.3) is 0 Å². The molecule has 1 aromatic rings. The molecule has 0 aromatic heterocycles. The van der Waals surface area contributed by atoms with Gasteiger partial charge in [0.2, 0.25) is 0 Å². The topological polar surface area (TPSA) is 17.1 Å². The minimum Gasteiger partial charge on any atom is -0.289 e. The molecule has 0 aliphatic heterocycles. The second-order valence-corrected chi connectivity index (χ2v) is 4.76. The first-order valence-electron chi connectivity index (χ1n) is 3.48. The van der Waals surface area contributed by atoms with Gasteiger partial charge in [0.05, 0.1) is 0 Å². The van der Waals surface area contributed by atoms with Crippen LogP contribution in [-0.2, 0) is 0 Å². The third-order valence-electron chi connectivity index (χ3n) is 1.43. The lowest BCUT2D eigenvalue weighted by molar-refractivity contribution is 0.108. The highest BCUT2D eigenvalue weighted by molar-refractivity contribution is 7.74. The van der Waals surface area contributed by atoms with Gasteiger partial charge < -0.3 is 0 Å². The maximum atomic E-state index is 11.4. The van der Waals surface area contributed by atoms with Gasteiger partial charge in [-0.1, -0.05) is 30.3 Å². The van der Waals surface area contributed by atoms with Gasteiger partial charge in [0, 0.05) is 5.56 Å². The third-order valence-corrected chi connectivity index (χ3v) is 2.50. The fourth-order valence-corrected chi connectivity index (χ4v) is 1.50. The fourth-order valence-electron chi connectivity index (χ4n) is 0.839. The van der Waals surface area contributed by atoms with Crippen LogP contribution in [0.5, 0.6) is 0 Å². The SMILES string of the molecule is CP(C)C(=O)c1ccccc1. The molecule has 0 aliphatic rings. The minimum atomic E-state index is -0.477. The zero-order chi connectivity index (χ0) is 8.27. The van der Waals surface area contributed by atoms with Crippen LogP contribution in [0.3, 0.4) is 0 Å². The van der Waals surface area contributed by atoms with Crippen LogP contribution in [-0.4, -0.2) is 18.9 Å². The second kappa shape index (κ2) is 3.64. The molecular formula is C9H11OP. The highest BCUT2D eigenvalue weighted by Gasteiger charge is 2.07. The summed E-state index contributed by atoms with van der Waals surface area (Å²) in [5, 5.41) is 0. The fraction of sp³-hybridized carbons (Fsp3) is 0.222. The van der Waals surface area contributed by atoms with Gasteiger partial charge in [-0.3, -0.25) is 4.79 Å². The first-order valence-corrected chi connectivity index (χ1v) is 5.72. The Morgan fingerprint density at radius 1 is 1.18 bits per heavy atom. The number of carbonyl (C=O) groups excluding carboxylic acids is 1. The Morgan fingerprint density at radius 2 is 1.73 bits per heavy atom. The van der Waals surface area contributed by atoms with Crippen LogP contribution >= 0.6 is 7.92 Å². The molecule has 0 radical (unpaired) electrons. The summed E-state index contributed by atoms with van der Waals surface area (Å²) in [6, 6.07) is 9.44. The molecule has 1 rings (SSSR count). The Morgan fingerprint density at radius 3 is 2.18 bits per heavy atom. The van der Waals surface area contributed by atoms with Crippen LogP contribution in [0.4, 0.5) is 0 Å². The largest absolute Gasteiger partial charge is 0.289 e. The Labute approximate surface area is 68.2 Å². The third kappa shape index (κ3) is 2.13. The van der Waals surface area contributed by atoms with Crippen LogP contribution in [0.2, 0.25) is 0 Å². The summed E-state index contributed by atoms with van der Waals surface area (Å²) in [6.07, 6.45) is 0. The molecule has 0 aliphatic carbocycles. The van der Waals surface area contributed by atoms with Crippen LogP contribution < -0.4 is 0 Å². The Hall–Kier alpha value is -0.680. The molecular weight excluding hydrogens is 155 g/mol. The summed E-state index contributed by atoms with van der Waals surface area (Å²) in [5.74, 6) is 0. The summed E-state index contributed by atoms with van der Waals surface area (Å²) in [6.45, 7) is 3.95. The lowest BCUT2D eigenvalue weighted by atomic mass is 10.2. The van der Waals surface area contributed by atoms with Gasteiger partial charge in [-0.2, -0.15) is 0 Å². The van der Waals surface area contributed by atoms with Crippen molar-refractivity contribution in [2.45, 2.75) is 0 Å². The molecule has 1 nitrogen and oxygen atoms in total. The van der Waals surface area contributed by atoms with Gasteiger partial charge in [-0.15, -0.1) is 0 Å². The molecule has 0 saturated heterocycles. The van der Waals surface area contributed by atoms with E-state index in [9.17, 15) is 4.79 Å². The molecule has 0 saturated carbocycles. The predicted molar refractivity (Wildman–Crippen MR) is 49.5 cm³/mol. The quantitative estimate of drug-likeness (QED) is 0.617. The Bertz CT molecular complexity index is 241. The van der Waals surface area contributed by atoms with Crippen LogP contribution in [0.15, 0.2) is 30.3 Å². The van der Waals surface area contributed by atoms with Crippen molar-refractivity contribution in [3.05, 3.63) is 35.9 Å². The van der Waals surface area contributed by atoms with Gasteiger partial charge >= 0.3 is 0 Å². The van der Waals surface area contributed by atoms with Gasteiger partial charge in [-0.05, 0) is 21.3 Å². The lowest BCUT2D eigenvalue weighted by Crippen LogP contribution is -1.93. The zero-order valence-electron chi connectivity index (χ0n) is 6.74. The molecule has 0 atom stereocenters. The van der Waals surface area contributed by atoms with Gasteiger partial charge in [0.15, 0.2) is 5.52 Å². The van der Waals surface area contributed by atoms with Crippen molar-refractivity contribution in [2.24, 2.45) is 0 Å². The molecule has 2 heteroatoms. The van der Waals surface area contributed by atoms with Crippen molar-refractivity contribution < 1.29 is 4.79 Å². The lowest BCUT2D eigenvalue weighted by Gasteiger charge is -2.02. The standard InChI is InChI=1S/C9H11OP/c1-11(2)9(10)8-6-4-3-5-7-8/h3-7H,1-2H3. The van der Waals surface area contributed by atoms with Crippen molar-refractivity contribution in [3.63, 3.8) is 0 Å². The summed E-state index contributed by atoms with van der Waals surface area (Å²) in [5.41, 5.74) is 1.12. The van der Waals surface area contributed by atoms with Gasteiger partial charge in [0.1, 0.15) is 0 Å². The van der Waals surface area contributed by atoms with E-state index in [-0.39, 0.29) is 5.52 Å². The van der Waals surface area contributed by atoms with E-state index < -0.39 is 7.92 Å². The molecule has 0 heterocycles. The maximum absolute atomic E-state index is 11.4. The Kier molecular flexibility index (Phi) is 2.78. The molecule has 0 amide bonds. The maximum Gasteiger partial charge on any atom is 0.183 e. The molecule has 0 bridgehead atoms. The van der Waals surface area contributed by atoms with E-state index >= 15 is 0 Å². The number of hydrogen-bond donors (Lipinski definition) is 0. The first kappa shape index (κ1) is 8.42. The highest BCUT2D eigenvalue weighted by atomic mass is 31.1. The Balaban J connectivity index is 2.86. The highest BCUT2D eigenvalue weighted by Crippen LogP contribution is 2.29. The zero-order valence-corrected chi connectivity index (χ0v) is 7.64. The van der Waals surface area contributed by atoms with Crippen molar-refractivity contribution in [1.82, 2.24) is 0 Å². The van der Waals surface area contributed by atoms with E-state index in [1.165, 1.54) is 0 Å². The van der Waals surface area contributed by atoms with E-state index in [4.69, 9.17) is 0 Å². The molecule has 0 fully saturated rings. The smallest absolute Gasteiger partial charge is 0.183 e. The van der Waals surface area contributed by atoms with Crippen LogP contribution in [0.25, 0.3) is 0 Å². The summed E-state index contributed by atoms with van der Waals surface area (Å²) in [4.78, 5) is 11.4.